The number of carbonyl (C=O) groups excluding carboxylic acids is 1. The van der Waals surface area contributed by atoms with E-state index in [0.29, 0.717) is 35.0 Å². The maximum atomic E-state index is 13.9. The lowest BCUT2D eigenvalue weighted by atomic mass is 10.0. The van der Waals surface area contributed by atoms with Gasteiger partial charge in [-0.15, -0.1) is 10.2 Å². The van der Waals surface area contributed by atoms with Gasteiger partial charge in [0.2, 0.25) is 11.0 Å². The quantitative estimate of drug-likeness (QED) is 0.785. The summed E-state index contributed by atoms with van der Waals surface area (Å²) in [6.07, 6.45) is 1.33. The van der Waals surface area contributed by atoms with E-state index < -0.39 is 5.41 Å². The fourth-order valence-electron chi connectivity index (χ4n) is 2.58. The summed E-state index contributed by atoms with van der Waals surface area (Å²) in [6, 6.07) is 7.93. The van der Waals surface area contributed by atoms with E-state index in [0.717, 1.165) is 5.01 Å². The molecule has 3 aromatic rings. The van der Waals surface area contributed by atoms with Crippen LogP contribution >= 0.6 is 11.3 Å². The van der Waals surface area contributed by atoms with Gasteiger partial charge in [0, 0.05) is 6.07 Å². The molecule has 0 bridgehead atoms. The van der Waals surface area contributed by atoms with Crippen molar-refractivity contribution in [3.8, 4) is 11.3 Å². The summed E-state index contributed by atoms with van der Waals surface area (Å²) in [6.45, 7) is 1.82. The van der Waals surface area contributed by atoms with E-state index in [2.05, 4.69) is 20.7 Å². The van der Waals surface area contributed by atoms with Crippen LogP contribution in [0.15, 0.2) is 34.9 Å². The van der Waals surface area contributed by atoms with Crippen LogP contribution < -0.4 is 5.32 Å². The molecule has 1 saturated carbocycles. The number of hydrogen-bond donors (Lipinski definition) is 1. The van der Waals surface area contributed by atoms with Crippen LogP contribution in [-0.2, 0) is 10.2 Å². The van der Waals surface area contributed by atoms with Gasteiger partial charge in [0.25, 0.3) is 0 Å². The van der Waals surface area contributed by atoms with Crippen molar-refractivity contribution in [3.63, 3.8) is 0 Å². The van der Waals surface area contributed by atoms with Gasteiger partial charge >= 0.3 is 0 Å². The molecule has 1 fully saturated rings. The second-order valence-corrected chi connectivity index (χ2v) is 6.90. The highest BCUT2D eigenvalue weighted by Crippen LogP contribution is 2.49. The van der Waals surface area contributed by atoms with Crippen molar-refractivity contribution >= 4 is 22.4 Å². The van der Waals surface area contributed by atoms with Gasteiger partial charge in [-0.25, -0.2) is 4.39 Å². The first-order valence-corrected chi connectivity index (χ1v) is 8.24. The molecule has 0 radical (unpaired) electrons. The minimum atomic E-state index is -0.730. The van der Waals surface area contributed by atoms with Crippen LogP contribution in [0.3, 0.4) is 0 Å². The van der Waals surface area contributed by atoms with Crippen LogP contribution in [0.25, 0.3) is 11.3 Å². The third-order valence-corrected chi connectivity index (χ3v) is 4.83. The zero-order chi connectivity index (χ0) is 16.7. The summed E-state index contributed by atoms with van der Waals surface area (Å²) in [5.74, 6) is -0.264. The van der Waals surface area contributed by atoms with Crippen molar-refractivity contribution in [2.75, 3.05) is 5.32 Å². The summed E-state index contributed by atoms with van der Waals surface area (Å²) in [7, 11) is 0. The molecule has 0 spiro atoms. The Kier molecular flexibility index (Phi) is 3.42. The predicted molar refractivity (Wildman–Crippen MR) is 86.1 cm³/mol. The second kappa shape index (κ2) is 5.48. The van der Waals surface area contributed by atoms with Gasteiger partial charge in [0.05, 0.1) is 16.7 Å². The number of amides is 1. The first-order chi connectivity index (χ1) is 11.6. The summed E-state index contributed by atoms with van der Waals surface area (Å²) in [5, 5.41) is 15.8. The van der Waals surface area contributed by atoms with Gasteiger partial charge in [-0.2, -0.15) is 0 Å². The number of aryl methyl sites for hydroxylation is 1. The minimum absolute atomic E-state index is 0.188. The highest BCUT2D eigenvalue weighted by molar-refractivity contribution is 7.15. The highest BCUT2D eigenvalue weighted by Gasteiger charge is 2.54. The molecular weight excluding hydrogens is 331 g/mol. The number of nitrogens with zero attached hydrogens (tertiary/aromatic N) is 3. The lowest BCUT2D eigenvalue weighted by molar-refractivity contribution is -0.118. The Labute approximate surface area is 140 Å². The average molecular weight is 344 g/mol. The van der Waals surface area contributed by atoms with Crippen LogP contribution in [0.5, 0.6) is 0 Å². The molecule has 4 rings (SSSR count). The molecule has 8 heteroatoms. The lowest BCUT2D eigenvalue weighted by Gasteiger charge is -2.09. The molecule has 0 unspecified atom stereocenters. The molecule has 122 valence electrons. The highest BCUT2D eigenvalue weighted by atomic mass is 32.1. The second-order valence-electron chi connectivity index (χ2n) is 5.72. The Morgan fingerprint density at radius 2 is 2.12 bits per heavy atom. The van der Waals surface area contributed by atoms with E-state index in [1.807, 2.05) is 6.92 Å². The van der Waals surface area contributed by atoms with Gasteiger partial charge in [0.15, 0.2) is 5.76 Å². The van der Waals surface area contributed by atoms with Crippen molar-refractivity contribution in [3.05, 3.63) is 46.9 Å². The monoisotopic (exact) mass is 344 g/mol. The standard InChI is InChI=1S/C16H13FN4O2S/c1-9-19-20-15(24-9)18-14(22)16(6-7-16)13-8-12(23-21-13)10-4-2-3-5-11(10)17/h2-5,8H,6-7H2,1H3,(H,18,20,22). The molecule has 1 aliphatic carbocycles. The fourth-order valence-corrected chi connectivity index (χ4v) is 3.16. The topological polar surface area (TPSA) is 80.9 Å². The van der Waals surface area contributed by atoms with Crippen LogP contribution in [0.1, 0.15) is 23.5 Å². The normalized spacial score (nSPS) is 15.2. The third kappa shape index (κ3) is 2.48. The van der Waals surface area contributed by atoms with Crippen molar-refractivity contribution in [2.24, 2.45) is 0 Å². The summed E-state index contributed by atoms with van der Waals surface area (Å²) in [4.78, 5) is 12.6. The van der Waals surface area contributed by atoms with Crippen LogP contribution in [0.2, 0.25) is 0 Å². The number of carbonyl (C=O) groups is 1. The number of nitrogens with one attached hydrogen (secondary N) is 1. The number of anilines is 1. The Bertz CT molecular complexity index is 916. The van der Waals surface area contributed by atoms with Crippen molar-refractivity contribution in [2.45, 2.75) is 25.2 Å². The number of hydrogen-bond acceptors (Lipinski definition) is 6. The van der Waals surface area contributed by atoms with Gasteiger partial charge in [0.1, 0.15) is 10.8 Å². The van der Waals surface area contributed by atoms with Crippen LogP contribution in [0.4, 0.5) is 9.52 Å². The molecule has 1 amide bonds. The van der Waals surface area contributed by atoms with E-state index in [-0.39, 0.29) is 11.7 Å². The number of aromatic nitrogens is 3. The zero-order valence-electron chi connectivity index (χ0n) is 12.7. The summed E-state index contributed by atoms with van der Waals surface area (Å²) < 4.78 is 19.1. The Hall–Kier alpha value is -2.61. The molecule has 1 N–H and O–H groups in total. The SMILES string of the molecule is Cc1nnc(NC(=O)C2(c3cc(-c4ccccc4F)on3)CC2)s1. The predicted octanol–water partition coefficient (Wildman–Crippen LogP) is 3.31. The first-order valence-electron chi connectivity index (χ1n) is 7.42. The summed E-state index contributed by atoms with van der Waals surface area (Å²) >= 11 is 1.31. The van der Waals surface area contributed by atoms with Crippen LogP contribution in [0, 0.1) is 12.7 Å². The third-order valence-electron chi connectivity index (χ3n) is 4.07. The Morgan fingerprint density at radius 3 is 2.79 bits per heavy atom. The molecule has 0 atom stereocenters. The molecule has 0 saturated heterocycles. The van der Waals surface area contributed by atoms with Gasteiger partial charge in [-0.05, 0) is 31.9 Å². The molecular formula is C16H13FN4O2S. The molecule has 2 heterocycles. The maximum Gasteiger partial charge on any atom is 0.238 e. The van der Waals surface area contributed by atoms with Gasteiger partial charge in [-0.1, -0.05) is 28.6 Å². The minimum Gasteiger partial charge on any atom is -0.356 e. The number of halogens is 1. The van der Waals surface area contributed by atoms with Crippen molar-refractivity contribution in [1.82, 2.24) is 15.4 Å². The van der Waals surface area contributed by atoms with Crippen molar-refractivity contribution < 1.29 is 13.7 Å². The number of benzene rings is 1. The van der Waals surface area contributed by atoms with E-state index in [1.54, 1.807) is 24.3 Å². The molecule has 24 heavy (non-hydrogen) atoms. The largest absolute Gasteiger partial charge is 0.356 e. The molecule has 1 aromatic carbocycles. The molecule has 0 aliphatic heterocycles. The average Bonchev–Trinajstić information content (AvgIpc) is 3.05. The Balaban J connectivity index is 1.59. The van der Waals surface area contributed by atoms with Crippen LogP contribution in [-0.4, -0.2) is 21.3 Å². The Morgan fingerprint density at radius 1 is 1.33 bits per heavy atom. The van der Waals surface area contributed by atoms with E-state index in [9.17, 15) is 9.18 Å². The lowest BCUT2D eigenvalue weighted by Crippen LogP contribution is -2.28. The van der Waals surface area contributed by atoms with Crippen molar-refractivity contribution in [1.29, 1.82) is 0 Å². The first kappa shape index (κ1) is 14.9. The summed E-state index contributed by atoms with van der Waals surface area (Å²) in [5.41, 5.74) is 0.110. The smallest absolute Gasteiger partial charge is 0.238 e. The van der Waals surface area contributed by atoms with E-state index >= 15 is 0 Å². The van der Waals surface area contributed by atoms with Gasteiger partial charge < -0.3 is 4.52 Å². The maximum absolute atomic E-state index is 13.9. The molecule has 2 aromatic heterocycles. The van der Waals surface area contributed by atoms with E-state index in [4.69, 9.17) is 4.52 Å². The fraction of sp³-hybridized carbons (Fsp3) is 0.250. The number of rotatable bonds is 4. The molecule has 6 nitrogen and oxygen atoms in total. The zero-order valence-corrected chi connectivity index (χ0v) is 13.6. The van der Waals surface area contributed by atoms with Gasteiger partial charge in [-0.3, -0.25) is 10.1 Å². The molecule has 1 aliphatic rings. The van der Waals surface area contributed by atoms with E-state index in [1.165, 1.54) is 17.4 Å².